The third-order valence-corrected chi connectivity index (χ3v) is 4.57. The summed E-state index contributed by atoms with van der Waals surface area (Å²) in [5.74, 6) is -1.45. The zero-order valence-electron chi connectivity index (χ0n) is 13.4. The van der Waals surface area contributed by atoms with Crippen molar-refractivity contribution in [1.29, 1.82) is 0 Å². The van der Waals surface area contributed by atoms with E-state index < -0.39 is 24.2 Å². The zero-order chi connectivity index (χ0) is 17.7. The molecule has 0 bridgehead atoms. The van der Waals surface area contributed by atoms with Crippen LogP contribution in [-0.2, 0) is 19.1 Å². The molecule has 1 amide bonds. The maximum atomic E-state index is 12.4. The molecule has 24 heavy (non-hydrogen) atoms. The summed E-state index contributed by atoms with van der Waals surface area (Å²) in [6, 6.07) is 6.21. The Balaban J connectivity index is 2.20. The van der Waals surface area contributed by atoms with Crippen LogP contribution in [0.3, 0.4) is 0 Å². The molecule has 2 unspecified atom stereocenters. The van der Waals surface area contributed by atoms with Crippen molar-refractivity contribution in [3.63, 3.8) is 0 Å². The van der Waals surface area contributed by atoms with Crippen LogP contribution in [0.15, 0.2) is 36.4 Å². The molecule has 0 N–H and O–H groups in total. The van der Waals surface area contributed by atoms with Gasteiger partial charge in [-0.3, -0.25) is 9.69 Å². The highest BCUT2D eigenvalue weighted by Gasteiger charge is 2.38. The summed E-state index contributed by atoms with van der Waals surface area (Å²) in [6.45, 7) is 1.90. The molecule has 0 aromatic heterocycles. The van der Waals surface area contributed by atoms with Gasteiger partial charge in [0.2, 0.25) is 5.91 Å². The quantitative estimate of drug-likeness (QED) is 0.499. The van der Waals surface area contributed by atoms with Crippen LogP contribution in [0.2, 0.25) is 0 Å². The molecule has 0 spiro atoms. The Morgan fingerprint density at radius 3 is 2.67 bits per heavy atom. The third kappa shape index (κ3) is 3.95. The minimum absolute atomic E-state index is 0.376. The Morgan fingerprint density at radius 2 is 2.04 bits per heavy atom. The second kappa shape index (κ2) is 8.27. The molecule has 1 aromatic carbocycles. The first kappa shape index (κ1) is 18.4. The minimum Gasteiger partial charge on any atom is -0.467 e. The number of hydrogen-bond acceptors (Lipinski definition) is 5. The number of esters is 2. The summed E-state index contributed by atoms with van der Waals surface area (Å²) in [4.78, 5) is 37.8. The Morgan fingerprint density at radius 1 is 1.33 bits per heavy atom. The van der Waals surface area contributed by atoms with E-state index in [0.29, 0.717) is 18.4 Å². The normalized spacial score (nSPS) is 17.7. The largest absolute Gasteiger partial charge is 0.467 e. The highest BCUT2D eigenvalue weighted by atomic mass is 127. The average molecular weight is 443 g/mol. The molecule has 6 nitrogen and oxygen atoms in total. The summed E-state index contributed by atoms with van der Waals surface area (Å²) in [5, 5.41) is 0. The molecule has 1 aliphatic rings. The van der Waals surface area contributed by atoms with Crippen LogP contribution >= 0.6 is 22.6 Å². The Hall–Kier alpha value is -1.90. The van der Waals surface area contributed by atoms with Crippen LogP contribution in [0, 0.1) is 3.57 Å². The summed E-state index contributed by atoms with van der Waals surface area (Å²) < 4.78 is 11.0. The molecule has 1 aromatic rings. The topological polar surface area (TPSA) is 72.9 Å². The molecule has 0 saturated carbocycles. The van der Waals surface area contributed by atoms with E-state index >= 15 is 0 Å². The van der Waals surface area contributed by atoms with Gasteiger partial charge in [0, 0.05) is 9.65 Å². The minimum atomic E-state index is -0.920. The van der Waals surface area contributed by atoms with Gasteiger partial charge < -0.3 is 9.47 Å². The highest BCUT2D eigenvalue weighted by Crippen LogP contribution is 2.22. The van der Waals surface area contributed by atoms with E-state index in [2.05, 4.69) is 0 Å². The van der Waals surface area contributed by atoms with Crippen molar-refractivity contribution in [2.24, 2.45) is 0 Å². The predicted octanol–water partition coefficient (Wildman–Crippen LogP) is 2.51. The van der Waals surface area contributed by atoms with Crippen molar-refractivity contribution in [3.8, 4) is 0 Å². The SMILES string of the molecule is CCCC(C(=O)OC)N1C(=O)C=CC1OC(=O)c1ccccc1I. The lowest BCUT2D eigenvalue weighted by atomic mass is 10.1. The van der Waals surface area contributed by atoms with Gasteiger partial charge in [-0.15, -0.1) is 0 Å². The van der Waals surface area contributed by atoms with Gasteiger partial charge in [0.05, 0.1) is 12.7 Å². The number of carbonyl (C=O) groups excluding carboxylic acids is 3. The van der Waals surface area contributed by atoms with Crippen LogP contribution in [0.25, 0.3) is 0 Å². The molecule has 0 fully saturated rings. The first-order valence-corrected chi connectivity index (χ1v) is 8.61. The summed E-state index contributed by atoms with van der Waals surface area (Å²) in [6.07, 6.45) is 2.97. The number of nitrogens with zero attached hydrogens (tertiary/aromatic N) is 1. The van der Waals surface area contributed by atoms with Crippen LogP contribution in [-0.4, -0.2) is 42.1 Å². The van der Waals surface area contributed by atoms with E-state index in [9.17, 15) is 14.4 Å². The fourth-order valence-corrected chi connectivity index (χ4v) is 3.08. The molecule has 128 valence electrons. The summed E-state index contributed by atoms with van der Waals surface area (Å²) >= 11 is 2.04. The molecule has 7 heteroatoms. The Bertz CT molecular complexity index is 673. The van der Waals surface area contributed by atoms with E-state index in [1.165, 1.54) is 24.2 Å². The molecule has 2 atom stereocenters. The lowest BCUT2D eigenvalue weighted by Gasteiger charge is -2.30. The van der Waals surface area contributed by atoms with E-state index in [-0.39, 0.29) is 5.91 Å². The van der Waals surface area contributed by atoms with Crippen LogP contribution in [0.1, 0.15) is 30.1 Å². The number of amides is 1. The van der Waals surface area contributed by atoms with Crippen molar-refractivity contribution >= 4 is 40.4 Å². The van der Waals surface area contributed by atoms with E-state index in [1.807, 2.05) is 35.6 Å². The van der Waals surface area contributed by atoms with E-state index in [1.54, 1.807) is 18.2 Å². The lowest BCUT2D eigenvalue weighted by Crippen LogP contribution is -2.48. The predicted molar refractivity (Wildman–Crippen MR) is 95.1 cm³/mol. The molecular formula is C17H18INO5. The molecule has 1 aliphatic heterocycles. The van der Waals surface area contributed by atoms with Gasteiger partial charge in [0.15, 0.2) is 6.23 Å². The fourth-order valence-electron chi connectivity index (χ4n) is 2.48. The van der Waals surface area contributed by atoms with E-state index in [0.717, 1.165) is 3.57 Å². The van der Waals surface area contributed by atoms with Gasteiger partial charge >= 0.3 is 11.9 Å². The summed E-state index contributed by atoms with van der Waals surface area (Å²) in [7, 11) is 1.27. The van der Waals surface area contributed by atoms with Crippen LogP contribution < -0.4 is 0 Å². The monoisotopic (exact) mass is 443 g/mol. The van der Waals surface area contributed by atoms with Gasteiger partial charge in [0.1, 0.15) is 6.04 Å². The second-order valence-corrected chi connectivity index (χ2v) is 6.37. The van der Waals surface area contributed by atoms with Gasteiger partial charge in [-0.2, -0.15) is 0 Å². The maximum absolute atomic E-state index is 12.4. The number of hydrogen-bond donors (Lipinski definition) is 0. The molecule has 0 aliphatic carbocycles. The molecular weight excluding hydrogens is 425 g/mol. The van der Waals surface area contributed by atoms with Gasteiger partial charge in [-0.25, -0.2) is 9.59 Å². The maximum Gasteiger partial charge on any atom is 0.341 e. The smallest absolute Gasteiger partial charge is 0.341 e. The average Bonchev–Trinajstić information content (AvgIpc) is 2.92. The van der Waals surface area contributed by atoms with Gasteiger partial charge in [-0.05, 0) is 47.2 Å². The standard InChI is InChI=1S/C17H18INO5/c1-3-6-13(17(22)23-2)19-14(20)9-10-15(19)24-16(21)11-7-4-5-8-12(11)18/h4-5,7-10,13,15H,3,6H2,1-2H3. The number of ether oxygens (including phenoxy) is 2. The molecule has 0 saturated heterocycles. The van der Waals surface area contributed by atoms with Crippen molar-refractivity contribution < 1.29 is 23.9 Å². The number of rotatable bonds is 6. The van der Waals surface area contributed by atoms with Gasteiger partial charge in [0.25, 0.3) is 0 Å². The number of carbonyl (C=O) groups is 3. The number of benzene rings is 1. The van der Waals surface area contributed by atoms with Gasteiger partial charge in [-0.1, -0.05) is 25.5 Å². The number of methoxy groups -OCH3 is 1. The molecule has 2 rings (SSSR count). The first-order valence-electron chi connectivity index (χ1n) is 7.53. The third-order valence-electron chi connectivity index (χ3n) is 3.62. The second-order valence-electron chi connectivity index (χ2n) is 5.21. The van der Waals surface area contributed by atoms with Crippen LogP contribution in [0.4, 0.5) is 0 Å². The van der Waals surface area contributed by atoms with Crippen molar-refractivity contribution in [3.05, 3.63) is 45.6 Å². The van der Waals surface area contributed by atoms with Crippen LogP contribution in [0.5, 0.6) is 0 Å². The van der Waals surface area contributed by atoms with E-state index in [4.69, 9.17) is 9.47 Å². The van der Waals surface area contributed by atoms with Crippen molar-refractivity contribution in [2.45, 2.75) is 32.0 Å². The Labute approximate surface area is 153 Å². The van der Waals surface area contributed by atoms with Crippen molar-refractivity contribution in [1.82, 2.24) is 4.90 Å². The summed E-state index contributed by atoms with van der Waals surface area (Å²) in [5.41, 5.74) is 0.413. The molecule has 0 radical (unpaired) electrons. The zero-order valence-corrected chi connectivity index (χ0v) is 15.6. The fraction of sp³-hybridized carbons (Fsp3) is 0.353. The Kier molecular flexibility index (Phi) is 6.36. The lowest BCUT2D eigenvalue weighted by molar-refractivity contribution is -0.156. The van der Waals surface area contributed by atoms with Crippen molar-refractivity contribution in [2.75, 3.05) is 7.11 Å². The highest BCUT2D eigenvalue weighted by molar-refractivity contribution is 14.1. The first-order chi connectivity index (χ1) is 11.5. The molecule has 1 heterocycles. The number of halogens is 1.